The van der Waals surface area contributed by atoms with Crippen LogP contribution >= 0.6 is 0 Å². The Morgan fingerprint density at radius 3 is 2.20 bits per heavy atom. The normalized spacial score (nSPS) is 10.8. The van der Waals surface area contributed by atoms with E-state index in [0.29, 0.717) is 6.10 Å². The fourth-order valence-electron chi connectivity index (χ4n) is 0.680. The summed E-state index contributed by atoms with van der Waals surface area (Å²) in [5.74, 6) is 0. The average Bonchev–Trinajstić information content (AvgIpc) is 1.99. The van der Waals surface area contributed by atoms with Gasteiger partial charge >= 0.3 is 0 Å². The second-order valence-corrected chi connectivity index (χ2v) is 2.08. The molecule has 0 rings (SSSR count). The van der Waals surface area contributed by atoms with Crippen molar-refractivity contribution >= 4 is 0 Å². The van der Waals surface area contributed by atoms with Crippen molar-refractivity contribution in [1.82, 2.24) is 0 Å². The van der Waals surface area contributed by atoms with E-state index in [1.54, 1.807) is 19.6 Å². The Hall–Kier alpha value is -0.660. The SMILES string of the molecule is CCC(CC)O/C=C/OC. The van der Waals surface area contributed by atoms with Crippen molar-refractivity contribution in [1.29, 1.82) is 0 Å². The third-order valence-electron chi connectivity index (χ3n) is 1.37. The topological polar surface area (TPSA) is 18.5 Å². The molecule has 10 heavy (non-hydrogen) atoms. The van der Waals surface area contributed by atoms with E-state index in [4.69, 9.17) is 4.74 Å². The van der Waals surface area contributed by atoms with Crippen LogP contribution in [0.3, 0.4) is 0 Å². The van der Waals surface area contributed by atoms with Crippen molar-refractivity contribution in [3.63, 3.8) is 0 Å². The van der Waals surface area contributed by atoms with Gasteiger partial charge in [-0.1, -0.05) is 13.8 Å². The van der Waals surface area contributed by atoms with Gasteiger partial charge in [0, 0.05) is 0 Å². The summed E-state index contributed by atoms with van der Waals surface area (Å²) in [6.07, 6.45) is 5.57. The molecule has 0 spiro atoms. The second kappa shape index (κ2) is 6.46. The average molecular weight is 144 g/mol. The minimum absolute atomic E-state index is 0.339. The molecule has 0 aliphatic heterocycles. The lowest BCUT2D eigenvalue weighted by Crippen LogP contribution is -2.05. The predicted octanol–water partition coefficient (Wildman–Crippen LogP) is 2.31. The zero-order valence-corrected chi connectivity index (χ0v) is 6.96. The highest BCUT2D eigenvalue weighted by Gasteiger charge is 1.98. The van der Waals surface area contributed by atoms with E-state index < -0.39 is 0 Å². The first kappa shape index (κ1) is 9.34. The highest BCUT2D eigenvalue weighted by Crippen LogP contribution is 2.02. The quantitative estimate of drug-likeness (QED) is 0.551. The van der Waals surface area contributed by atoms with Crippen molar-refractivity contribution in [3.8, 4) is 0 Å². The molecule has 0 aromatic rings. The third kappa shape index (κ3) is 4.24. The van der Waals surface area contributed by atoms with Gasteiger partial charge in [0.15, 0.2) is 0 Å². The fraction of sp³-hybridized carbons (Fsp3) is 0.750. The number of methoxy groups -OCH3 is 1. The Balaban J connectivity index is 3.34. The largest absolute Gasteiger partial charge is 0.501 e. The van der Waals surface area contributed by atoms with Gasteiger partial charge in [-0.15, -0.1) is 0 Å². The van der Waals surface area contributed by atoms with Gasteiger partial charge in [-0.25, -0.2) is 0 Å². The molecule has 2 heteroatoms. The highest BCUT2D eigenvalue weighted by molar-refractivity contribution is 4.63. The Morgan fingerprint density at radius 2 is 1.80 bits per heavy atom. The first-order chi connectivity index (χ1) is 4.85. The first-order valence-corrected chi connectivity index (χ1v) is 3.68. The lowest BCUT2D eigenvalue weighted by atomic mass is 10.2. The van der Waals surface area contributed by atoms with Gasteiger partial charge in [0.2, 0.25) is 0 Å². The van der Waals surface area contributed by atoms with Crippen molar-refractivity contribution in [3.05, 3.63) is 12.5 Å². The Morgan fingerprint density at radius 1 is 1.20 bits per heavy atom. The van der Waals surface area contributed by atoms with Crippen LogP contribution < -0.4 is 0 Å². The molecule has 2 nitrogen and oxygen atoms in total. The summed E-state index contributed by atoms with van der Waals surface area (Å²) < 4.78 is 9.95. The maximum atomic E-state index is 5.28. The van der Waals surface area contributed by atoms with Crippen molar-refractivity contribution in [2.24, 2.45) is 0 Å². The molecular formula is C8H16O2. The highest BCUT2D eigenvalue weighted by atomic mass is 16.5. The fourth-order valence-corrected chi connectivity index (χ4v) is 0.680. The second-order valence-electron chi connectivity index (χ2n) is 2.08. The van der Waals surface area contributed by atoms with Gasteiger partial charge in [0.1, 0.15) is 12.5 Å². The number of rotatable bonds is 5. The maximum absolute atomic E-state index is 5.28. The molecule has 0 unspecified atom stereocenters. The molecule has 0 saturated carbocycles. The standard InChI is InChI=1S/C8H16O2/c1-4-8(5-2)10-7-6-9-3/h6-8H,4-5H2,1-3H3/b7-6+. The summed E-state index contributed by atoms with van der Waals surface area (Å²) in [5.41, 5.74) is 0. The van der Waals surface area contributed by atoms with E-state index in [1.165, 1.54) is 0 Å². The molecule has 0 atom stereocenters. The summed E-state index contributed by atoms with van der Waals surface area (Å²) >= 11 is 0. The summed E-state index contributed by atoms with van der Waals surface area (Å²) in [6, 6.07) is 0. The molecule has 0 N–H and O–H groups in total. The van der Waals surface area contributed by atoms with Crippen LogP contribution in [0.1, 0.15) is 26.7 Å². The van der Waals surface area contributed by atoms with E-state index in [1.807, 2.05) is 0 Å². The number of ether oxygens (including phenoxy) is 2. The molecule has 0 aliphatic carbocycles. The number of hydrogen-bond donors (Lipinski definition) is 0. The van der Waals surface area contributed by atoms with Gasteiger partial charge in [-0.3, -0.25) is 0 Å². The molecule has 0 saturated heterocycles. The van der Waals surface area contributed by atoms with E-state index in [0.717, 1.165) is 12.8 Å². The lowest BCUT2D eigenvalue weighted by Gasteiger charge is -2.10. The minimum atomic E-state index is 0.339. The lowest BCUT2D eigenvalue weighted by molar-refractivity contribution is 0.128. The van der Waals surface area contributed by atoms with Gasteiger partial charge in [0.25, 0.3) is 0 Å². The van der Waals surface area contributed by atoms with Gasteiger partial charge in [0.05, 0.1) is 13.2 Å². The third-order valence-corrected chi connectivity index (χ3v) is 1.37. The molecular weight excluding hydrogens is 128 g/mol. The van der Waals surface area contributed by atoms with E-state index in [9.17, 15) is 0 Å². The van der Waals surface area contributed by atoms with E-state index in [-0.39, 0.29) is 0 Å². The predicted molar refractivity (Wildman–Crippen MR) is 41.6 cm³/mol. The van der Waals surface area contributed by atoms with Crippen molar-refractivity contribution in [2.45, 2.75) is 32.8 Å². The van der Waals surface area contributed by atoms with Crippen LogP contribution in [0.2, 0.25) is 0 Å². The van der Waals surface area contributed by atoms with Crippen LogP contribution in [0.25, 0.3) is 0 Å². The molecule has 0 radical (unpaired) electrons. The van der Waals surface area contributed by atoms with E-state index >= 15 is 0 Å². The van der Waals surface area contributed by atoms with E-state index in [2.05, 4.69) is 18.6 Å². The first-order valence-electron chi connectivity index (χ1n) is 3.68. The monoisotopic (exact) mass is 144 g/mol. The van der Waals surface area contributed by atoms with Crippen LogP contribution in [-0.4, -0.2) is 13.2 Å². The Bertz CT molecular complexity index is 85.3. The molecule has 0 aliphatic rings. The molecule has 0 fully saturated rings. The molecule has 60 valence electrons. The van der Waals surface area contributed by atoms with Gasteiger partial charge in [-0.2, -0.15) is 0 Å². The summed E-state index contributed by atoms with van der Waals surface area (Å²) in [4.78, 5) is 0. The van der Waals surface area contributed by atoms with Gasteiger partial charge in [-0.05, 0) is 12.8 Å². The zero-order chi connectivity index (χ0) is 7.82. The van der Waals surface area contributed by atoms with Crippen LogP contribution in [0, 0.1) is 0 Å². The molecule has 0 aromatic carbocycles. The smallest absolute Gasteiger partial charge is 0.118 e. The van der Waals surface area contributed by atoms with Crippen molar-refractivity contribution in [2.75, 3.05) is 7.11 Å². The molecule has 0 bridgehead atoms. The molecule has 0 amide bonds. The summed E-state index contributed by atoms with van der Waals surface area (Å²) in [7, 11) is 1.60. The van der Waals surface area contributed by atoms with Gasteiger partial charge < -0.3 is 9.47 Å². The minimum Gasteiger partial charge on any atom is -0.501 e. The van der Waals surface area contributed by atoms with Crippen LogP contribution in [-0.2, 0) is 9.47 Å². The zero-order valence-electron chi connectivity index (χ0n) is 6.96. The van der Waals surface area contributed by atoms with Crippen molar-refractivity contribution < 1.29 is 9.47 Å². The molecule has 0 heterocycles. The van der Waals surface area contributed by atoms with Crippen LogP contribution in [0.5, 0.6) is 0 Å². The Labute approximate surface area is 62.8 Å². The van der Waals surface area contributed by atoms with Crippen LogP contribution in [0.4, 0.5) is 0 Å². The molecule has 0 aromatic heterocycles. The summed E-state index contributed by atoms with van der Waals surface area (Å²) in [5, 5.41) is 0. The summed E-state index contributed by atoms with van der Waals surface area (Å²) in [6.45, 7) is 4.21. The van der Waals surface area contributed by atoms with Crippen LogP contribution in [0.15, 0.2) is 12.5 Å². The Kier molecular flexibility index (Phi) is 6.03. The maximum Gasteiger partial charge on any atom is 0.118 e. The number of hydrogen-bond acceptors (Lipinski definition) is 2.